The Morgan fingerprint density at radius 1 is 1.20 bits per heavy atom. The van der Waals surface area contributed by atoms with Crippen molar-refractivity contribution in [1.29, 1.82) is 0 Å². The van der Waals surface area contributed by atoms with Gasteiger partial charge in [-0.25, -0.2) is 27.5 Å². The lowest BCUT2D eigenvalue weighted by Crippen LogP contribution is -2.49. The Bertz CT molecular complexity index is 949. The van der Waals surface area contributed by atoms with Gasteiger partial charge >= 0.3 is 6.18 Å². The number of carbonyl (C=O) groups excluding carboxylic acids is 1. The summed E-state index contributed by atoms with van der Waals surface area (Å²) in [6.07, 6.45) is -4.37. The van der Waals surface area contributed by atoms with Gasteiger partial charge < -0.3 is 16.0 Å². The minimum Gasteiger partial charge on any atom is -0.352 e. The van der Waals surface area contributed by atoms with Gasteiger partial charge in [0.1, 0.15) is 17.3 Å². The van der Waals surface area contributed by atoms with Gasteiger partial charge in [0.05, 0.1) is 5.56 Å². The second-order valence-electron chi connectivity index (χ2n) is 6.62. The Labute approximate surface area is 164 Å². The molecule has 0 bridgehead atoms. The summed E-state index contributed by atoms with van der Waals surface area (Å²) in [6, 6.07) is -0.455. The van der Waals surface area contributed by atoms with E-state index < -0.39 is 54.2 Å². The van der Waals surface area contributed by atoms with Gasteiger partial charge in [0, 0.05) is 38.0 Å². The third kappa shape index (κ3) is 4.30. The molecule has 3 rings (SSSR count). The first-order chi connectivity index (χ1) is 13.9. The molecule has 0 saturated carbocycles. The first-order valence-corrected chi connectivity index (χ1v) is 8.53. The van der Waals surface area contributed by atoms with E-state index in [-0.39, 0.29) is 23.7 Å². The van der Waals surface area contributed by atoms with E-state index in [0.29, 0.717) is 24.5 Å². The van der Waals surface area contributed by atoms with Gasteiger partial charge in [-0.05, 0) is 6.07 Å². The van der Waals surface area contributed by atoms with E-state index in [1.807, 2.05) is 0 Å². The zero-order valence-corrected chi connectivity index (χ0v) is 15.1. The molecule has 13 heteroatoms. The number of likely N-dealkylation sites (tertiary alicyclic amines) is 1. The van der Waals surface area contributed by atoms with Gasteiger partial charge in [-0.1, -0.05) is 0 Å². The van der Waals surface area contributed by atoms with Crippen LogP contribution in [0.3, 0.4) is 0 Å². The lowest BCUT2D eigenvalue weighted by molar-refractivity contribution is -0.255. The summed E-state index contributed by atoms with van der Waals surface area (Å²) in [5.74, 6) is -7.22. The van der Waals surface area contributed by atoms with Crippen LogP contribution in [0.1, 0.15) is 22.3 Å². The first kappa shape index (κ1) is 21.7. The Hall–Kier alpha value is -2.96. The largest absolute Gasteiger partial charge is 0.419 e. The summed E-state index contributed by atoms with van der Waals surface area (Å²) in [5.41, 5.74) is 1.77. The Morgan fingerprint density at radius 2 is 1.80 bits per heavy atom. The predicted molar refractivity (Wildman–Crippen MR) is 88.8 cm³/mol. The number of halogens is 7. The Morgan fingerprint density at radius 3 is 2.40 bits per heavy atom. The number of alkyl halides is 5. The number of hydrogen-bond acceptors (Lipinski definition) is 4. The summed E-state index contributed by atoms with van der Waals surface area (Å²) in [7, 11) is 0. The zero-order valence-electron chi connectivity index (χ0n) is 15.1. The molecular formula is C17H15F7N5O+. The molecule has 0 radical (unpaired) electrons. The van der Waals surface area contributed by atoms with Crippen LogP contribution in [0, 0.1) is 11.6 Å². The molecule has 2 aromatic rings. The molecule has 1 saturated heterocycles. The number of carbonyl (C=O) groups is 1. The molecule has 1 unspecified atom stereocenters. The number of amides is 1. The molecule has 1 aliphatic rings. The molecule has 1 aromatic carbocycles. The predicted octanol–water partition coefficient (Wildman–Crippen LogP) is 2.61. The molecule has 1 aromatic heterocycles. The molecule has 1 fully saturated rings. The Balaban J connectivity index is 1.78. The molecule has 30 heavy (non-hydrogen) atoms. The van der Waals surface area contributed by atoms with Crippen LogP contribution in [0.5, 0.6) is 0 Å². The standard InChI is InChI=1S/C17H14F7N5O/c18-10-3-9(12(25)4-11(10)19)14(30)29-2-1-16(20,21)13(29)7-28-15-26-5-8(6-27-15)17(22,23)24/h3-6,13H,1-2,7,25H2,(H,26,27,28)/p+1. The van der Waals surface area contributed by atoms with Crippen molar-refractivity contribution in [2.24, 2.45) is 0 Å². The molecule has 1 atom stereocenters. The molecule has 1 amide bonds. The smallest absolute Gasteiger partial charge is 0.352 e. The summed E-state index contributed by atoms with van der Waals surface area (Å²) in [5, 5.41) is 2.38. The van der Waals surface area contributed by atoms with Crippen LogP contribution in [-0.2, 0) is 6.18 Å². The first-order valence-electron chi connectivity index (χ1n) is 8.53. The zero-order chi connectivity index (χ0) is 22.3. The van der Waals surface area contributed by atoms with Crippen molar-refractivity contribution in [1.82, 2.24) is 14.9 Å². The number of rotatable bonds is 4. The quantitative estimate of drug-likeness (QED) is 0.719. The molecule has 4 N–H and O–H groups in total. The monoisotopic (exact) mass is 438 g/mol. The van der Waals surface area contributed by atoms with Crippen molar-refractivity contribution in [3.63, 3.8) is 0 Å². The van der Waals surface area contributed by atoms with Crippen molar-refractivity contribution in [2.75, 3.05) is 18.4 Å². The van der Waals surface area contributed by atoms with Gasteiger partial charge in [0.25, 0.3) is 11.8 Å². The van der Waals surface area contributed by atoms with Crippen LogP contribution in [0.4, 0.5) is 42.4 Å². The van der Waals surface area contributed by atoms with Crippen molar-refractivity contribution in [3.05, 3.63) is 47.3 Å². The Kier molecular flexibility index (Phi) is 5.58. The highest BCUT2D eigenvalue weighted by molar-refractivity contribution is 5.98. The van der Waals surface area contributed by atoms with E-state index in [1.54, 1.807) is 0 Å². The topological polar surface area (TPSA) is 85.8 Å². The van der Waals surface area contributed by atoms with Crippen molar-refractivity contribution in [2.45, 2.75) is 24.6 Å². The van der Waals surface area contributed by atoms with Gasteiger partial charge in [-0.15, -0.1) is 0 Å². The maximum absolute atomic E-state index is 14.3. The molecule has 2 heterocycles. The van der Waals surface area contributed by atoms with Gasteiger partial charge in [-0.3, -0.25) is 4.79 Å². The average Bonchev–Trinajstić information content (AvgIpc) is 2.96. The maximum Gasteiger partial charge on any atom is 0.419 e. The third-order valence-electron chi connectivity index (χ3n) is 4.62. The molecule has 0 aliphatic carbocycles. The van der Waals surface area contributed by atoms with Gasteiger partial charge in [0.2, 0.25) is 5.95 Å². The fourth-order valence-corrected chi connectivity index (χ4v) is 3.02. The van der Waals surface area contributed by atoms with Crippen LogP contribution in [0.15, 0.2) is 24.5 Å². The van der Waals surface area contributed by atoms with Crippen LogP contribution >= 0.6 is 0 Å². The van der Waals surface area contributed by atoms with Crippen LogP contribution in [0.2, 0.25) is 0 Å². The fraction of sp³-hybridized carbons (Fsp3) is 0.353. The minimum atomic E-state index is -4.66. The fourth-order valence-electron chi connectivity index (χ4n) is 3.02. The van der Waals surface area contributed by atoms with E-state index in [0.717, 1.165) is 4.90 Å². The van der Waals surface area contributed by atoms with Crippen LogP contribution in [0.25, 0.3) is 0 Å². The van der Waals surface area contributed by atoms with E-state index in [4.69, 9.17) is 0 Å². The van der Waals surface area contributed by atoms with Crippen molar-refractivity contribution in [3.8, 4) is 0 Å². The van der Waals surface area contributed by atoms with E-state index in [9.17, 15) is 35.5 Å². The number of aromatic nitrogens is 2. The number of nitrogens with one attached hydrogen (secondary N) is 1. The second kappa shape index (κ2) is 7.70. The molecule has 162 valence electrons. The van der Waals surface area contributed by atoms with E-state index >= 15 is 0 Å². The van der Waals surface area contributed by atoms with Crippen LogP contribution < -0.4 is 11.1 Å². The number of quaternary nitrogens is 1. The SMILES string of the molecule is [NH3+]c1cc(F)c(F)cc1C(=O)N1CCC(F)(F)C1CNc1ncc(C(F)(F)F)cn1. The summed E-state index contributed by atoms with van der Waals surface area (Å²) in [6.45, 7) is -0.954. The summed E-state index contributed by atoms with van der Waals surface area (Å²) in [4.78, 5) is 20.3. The highest BCUT2D eigenvalue weighted by Crippen LogP contribution is 2.36. The van der Waals surface area contributed by atoms with Gasteiger partial charge in [0.15, 0.2) is 11.6 Å². The lowest BCUT2D eigenvalue weighted by atomic mass is 10.1. The minimum absolute atomic E-state index is 0.174. The van der Waals surface area contributed by atoms with E-state index in [1.165, 1.54) is 0 Å². The average molecular weight is 438 g/mol. The summed E-state index contributed by atoms with van der Waals surface area (Å²) >= 11 is 0. The maximum atomic E-state index is 14.3. The normalized spacial score (nSPS) is 18.5. The van der Waals surface area contributed by atoms with E-state index in [2.05, 4.69) is 21.0 Å². The second-order valence-corrected chi connectivity index (χ2v) is 6.62. The lowest BCUT2D eigenvalue weighted by Gasteiger charge is -2.28. The van der Waals surface area contributed by atoms with Gasteiger partial charge in [-0.2, -0.15) is 13.2 Å². The number of anilines is 1. The van der Waals surface area contributed by atoms with Crippen molar-refractivity contribution >= 4 is 17.5 Å². The molecular weight excluding hydrogens is 423 g/mol. The number of nitrogens with zero attached hydrogens (tertiary/aromatic N) is 3. The highest BCUT2D eigenvalue weighted by Gasteiger charge is 2.51. The third-order valence-corrected chi connectivity index (χ3v) is 4.62. The summed E-state index contributed by atoms with van der Waals surface area (Å²) < 4.78 is 93.0. The molecule has 6 nitrogen and oxygen atoms in total. The molecule has 0 spiro atoms. The number of benzene rings is 1. The van der Waals surface area contributed by atoms with Crippen LogP contribution in [-0.4, -0.2) is 45.8 Å². The van der Waals surface area contributed by atoms with Crippen molar-refractivity contribution < 1.29 is 41.3 Å². The highest BCUT2D eigenvalue weighted by atomic mass is 19.4. The number of hydrogen-bond donors (Lipinski definition) is 2. The molecule has 1 aliphatic heterocycles.